The fourth-order valence-corrected chi connectivity index (χ4v) is 4.08. The number of hydrogen-bond acceptors (Lipinski definition) is 3. The molecule has 0 aliphatic carbocycles. The number of anilines is 2. The zero-order chi connectivity index (χ0) is 23.0. The number of benzene rings is 3. The SMILES string of the molecule is Cc1ccc(C2=C(Nc3ccccc3C)C(=O)N(c3ccc(C(C)C)cc3)C2=O)c(C)c1. The zero-order valence-electron chi connectivity index (χ0n) is 19.2. The Morgan fingerprint density at radius 3 is 2.09 bits per heavy atom. The van der Waals surface area contributed by atoms with Crippen molar-refractivity contribution in [3.8, 4) is 0 Å². The number of hydrogen-bond donors (Lipinski definition) is 1. The predicted molar refractivity (Wildman–Crippen MR) is 131 cm³/mol. The Labute approximate surface area is 189 Å². The van der Waals surface area contributed by atoms with E-state index in [0.29, 0.717) is 22.9 Å². The molecule has 0 saturated heterocycles. The molecule has 0 radical (unpaired) electrons. The Bertz CT molecular complexity index is 1240. The smallest absolute Gasteiger partial charge is 0.282 e. The Morgan fingerprint density at radius 1 is 0.781 bits per heavy atom. The monoisotopic (exact) mass is 424 g/mol. The van der Waals surface area contributed by atoms with Gasteiger partial charge in [0, 0.05) is 5.69 Å². The highest BCUT2D eigenvalue weighted by Gasteiger charge is 2.40. The van der Waals surface area contributed by atoms with Crippen LogP contribution in [0.5, 0.6) is 0 Å². The highest BCUT2D eigenvalue weighted by molar-refractivity contribution is 6.46. The summed E-state index contributed by atoms with van der Waals surface area (Å²) in [6.45, 7) is 10.2. The summed E-state index contributed by atoms with van der Waals surface area (Å²) in [5.74, 6) is -0.280. The van der Waals surface area contributed by atoms with Crippen molar-refractivity contribution in [3.05, 3.63) is 100 Å². The molecule has 0 saturated carbocycles. The van der Waals surface area contributed by atoms with Gasteiger partial charge in [-0.05, 0) is 67.1 Å². The lowest BCUT2D eigenvalue weighted by Gasteiger charge is -2.17. The van der Waals surface area contributed by atoms with E-state index < -0.39 is 0 Å². The van der Waals surface area contributed by atoms with Crippen LogP contribution in [0.25, 0.3) is 5.57 Å². The molecule has 1 aliphatic heterocycles. The third kappa shape index (κ3) is 3.84. The van der Waals surface area contributed by atoms with Crippen LogP contribution in [-0.2, 0) is 9.59 Å². The number of imide groups is 1. The highest BCUT2D eigenvalue weighted by Crippen LogP contribution is 2.36. The van der Waals surface area contributed by atoms with Crippen molar-refractivity contribution in [2.75, 3.05) is 10.2 Å². The summed E-state index contributed by atoms with van der Waals surface area (Å²) in [6.07, 6.45) is 0. The molecule has 4 nitrogen and oxygen atoms in total. The third-order valence-electron chi connectivity index (χ3n) is 5.96. The van der Waals surface area contributed by atoms with E-state index in [0.717, 1.165) is 33.5 Å². The molecule has 1 aliphatic rings. The van der Waals surface area contributed by atoms with Crippen LogP contribution in [0.15, 0.2) is 72.4 Å². The average Bonchev–Trinajstić information content (AvgIpc) is 2.99. The van der Waals surface area contributed by atoms with Crippen LogP contribution in [0.2, 0.25) is 0 Å². The molecule has 4 rings (SSSR count). The van der Waals surface area contributed by atoms with Gasteiger partial charge in [0.25, 0.3) is 11.8 Å². The lowest BCUT2D eigenvalue weighted by Crippen LogP contribution is -2.32. The molecule has 1 N–H and O–H groups in total. The molecule has 0 unspecified atom stereocenters. The standard InChI is InChI=1S/C28H28N2O2/c1-17(2)21-11-13-22(14-12-21)30-27(31)25(23-15-10-18(3)16-20(23)5)26(28(30)32)29-24-9-7-6-8-19(24)4/h6-17,29H,1-5H3. The Hall–Kier alpha value is -3.66. The summed E-state index contributed by atoms with van der Waals surface area (Å²) in [7, 11) is 0. The molecule has 0 fully saturated rings. The minimum atomic E-state index is -0.342. The molecule has 3 aromatic carbocycles. The first-order chi connectivity index (χ1) is 15.3. The van der Waals surface area contributed by atoms with Gasteiger partial charge in [-0.3, -0.25) is 9.59 Å². The molecule has 2 amide bonds. The Morgan fingerprint density at radius 2 is 1.47 bits per heavy atom. The minimum absolute atomic E-state index is 0.309. The number of aryl methyl sites for hydroxylation is 3. The van der Waals surface area contributed by atoms with Gasteiger partial charge < -0.3 is 5.32 Å². The number of carbonyl (C=O) groups is 2. The van der Waals surface area contributed by atoms with Crippen molar-refractivity contribution < 1.29 is 9.59 Å². The maximum Gasteiger partial charge on any atom is 0.282 e. The van der Waals surface area contributed by atoms with Crippen molar-refractivity contribution in [1.29, 1.82) is 0 Å². The van der Waals surface area contributed by atoms with Gasteiger partial charge in [0.1, 0.15) is 5.70 Å². The highest BCUT2D eigenvalue weighted by atomic mass is 16.2. The molecule has 1 heterocycles. The third-order valence-corrected chi connectivity index (χ3v) is 5.96. The van der Waals surface area contributed by atoms with E-state index in [2.05, 4.69) is 19.2 Å². The van der Waals surface area contributed by atoms with Gasteiger partial charge in [0.15, 0.2) is 0 Å². The van der Waals surface area contributed by atoms with E-state index in [1.54, 1.807) is 0 Å². The predicted octanol–water partition coefficient (Wildman–Crippen LogP) is 6.13. The molecular formula is C28H28N2O2. The molecule has 0 atom stereocenters. The van der Waals surface area contributed by atoms with Gasteiger partial charge in [-0.25, -0.2) is 4.90 Å². The van der Waals surface area contributed by atoms with Gasteiger partial charge >= 0.3 is 0 Å². The van der Waals surface area contributed by atoms with Crippen LogP contribution in [0.3, 0.4) is 0 Å². The molecular weight excluding hydrogens is 396 g/mol. The van der Waals surface area contributed by atoms with Crippen LogP contribution in [0, 0.1) is 20.8 Å². The summed E-state index contributed by atoms with van der Waals surface area (Å²) >= 11 is 0. The van der Waals surface area contributed by atoms with Crippen molar-refractivity contribution >= 4 is 28.8 Å². The average molecular weight is 425 g/mol. The van der Waals surface area contributed by atoms with E-state index >= 15 is 0 Å². The van der Waals surface area contributed by atoms with E-state index in [-0.39, 0.29) is 11.8 Å². The lowest BCUT2D eigenvalue weighted by molar-refractivity contribution is -0.120. The largest absolute Gasteiger partial charge is 0.350 e. The van der Waals surface area contributed by atoms with Crippen molar-refractivity contribution in [2.24, 2.45) is 0 Å². The van der Waals surface area contributed by atoms with E-state index in [1.807, 2.05) is 87.5 Å². The van der Waals surface area contributed by atoms with Gasteiger partial charge in [-0.15, -0.1) is 0 Å². The van der Waals surface area contributed by atoms with Crippen molar-refractivity contribution in [2.45, 2.75) is 40.5 Å². The topological polar surface area (TPSA) is 49.4 Å². The van der Waals surface area contributed by atoms with E-state index in [1.165, 1.54) is 4.90 Å². The van der Waals surface area contributed by atoms with E-state index in [4.69, 9.17) is 0 Å². The summed E-state index contributed by atoms with van der Waals surface area (Å²) in [4.78, 5) is 28.5. The maximum atomic E-state index is 13.7. The number of nitrogens with one attached hydrogen (secondary N) is 1. The number of carbonyl (C=O) groups excluding carboxylic acids is 2. The van der Waals surface area contributed by atoms with Crippen LogP contribution < -0.4 is 10.2 Å². The molecule has 4 heteroatoms. The Balaban J connectivity index is 1.83. The first kappa shape index (κ1) is 21.6. The van der Waals surface area contributed by atoms with Crippen LogP contribution in [0.1, 0.15) is 47.6 Å². The summed E-state index contributed by atoms with van der Waals surface area (Å²) in [6, 6.07) is 21.3. The van der Waals surface area contributed by atoms with Gasteiger partial charge in [0.2, 0.25) is 0 Å². The fourth-order valence-electron chi connectivity index (χ4n) is 4.08. The van der Waals surface area contributed by atoms with Gasteiger partial charge in [-0.1, -0.05) is 67.9 Å². The van der Waals surface area contributed by atoms with Crippen molar-refractivity contribution in [3.63, 3.8) is 0 Å². The summed E-state index contributed by atoms with van der Waals surface area (Å²) < 4.78 is 0. The van der Waals surface area contributed by atoms with E-state index in [9.17, 15) is 9.59 Å². The number of nitrogens with zero attached hydrogens (tertiary/aromatic N) is 1. The fraction of sp³-hybridized carbons (Fsp3) is 0.214. The molecule has 32 heavy (non-hydrogen) atoms. The number of para-hydroxylation sites is 1. The van der Waals surface area contributed by atoms with Crippen LogP contribution in [-0.4, -0.2) is 11.8 Å². The van der Waals surface area contributed by atoms with Crippen LogP contribution >= 0.6 is 0 Å². The first-order valence-electron chi connectivity index (χ1n) is 10.9. The van der Waals surface area contributed by atoms with Gasteiger partial charge in [-0.2, -0.15) is 0 Å². The minimum Gasteiger partial charge on any atom is -0.350 e. The molecule has 3 aromatic rings. The van der Waals surface area contributed by atoms with Crippen molar-refractivity contribution in [1.82, 2.24) is 0 Å². The van der Waals surface area contributed by atoms with Gasteiger partial charge in [0.05, 0.1) is 11.3 Å². The second-order valence-electron chi connectivity index (χ2n) is 8.70. The molecule has 0 bridgehead atoms. The first-order valence-corrected chi connectivity index (χ1v) is 10.9. The second kappa shape index (κ2) is 8.46. The second-order valence-corrected chi connectivity index (χ2v) is 8.70. The number of amides is 2. The zero-order valence-corrected chi connectivity index (χ0v) is 19.2. The van der Waals surface area contributed by atoms with Crippen LogP contribution in [0.4, 0.5) is 11.4 Å². The normalized spacial score (nSPS) is 14.0. The maximum absolute atomic E-state index is 13.7. The summed E-state index contributed by atoms with van der Waals surface area (Å²) in [5, 5.41) is 3.28. The molecule has 162 valence electrons. The molecule has 0 spiro atoms. The lowest BCUT2D eigenvalue weighted by atomic mass is 9.97. The quantitative estimate of drug-likeness (QED) is 0.501. The number of rotatable bonds is 5. The molecule has 0 aromatic heterocycles. The Kier molecular flexibility index (Phi) is 5.70. The summed E-state index contributed by atoms with van der Waals surface area (Å²) in [5.41, 5.74) is 7.10.